The topological polar surface area (TPSA) is 43.8 Å². The van der Waals surface area contributed by atoms with Gasteiger partial charge in [-0.3, -0.25) is 9.69 Å². The van der Waals surface area contributed by atoms with Crippen molar-refractivity contribution >= 4 is 17.5 Å². The standard InChI is InChI=1S/C15H20ClFN2O2/c1-2-12(20)10-18-5-7-19(8-6-18)15(21)13-4-3-11(17)9-14(13)16/h3-4,9,12,20H,2,5-8,10H2,1H3. The molecule has 0 radical (unpaired) electrons. The number of aliphatic hydroxyl groups is 1. The Morgan fingerprint density at radius 3 is 2.62 bits per heavy atom. The maximum atomic E-state index is 13.0. The molecule has 0 spiro atoms. The van der Waals surface area contributed by atoms with Crippen LogP contribution in [-0.4, -0.2) is 59.6 Å². The lowest BCUT2D eigenvalue weighted by atomic mass is 10.1. The van der Waals surface area contributed by atoms with E-state index in [1.54, 1.807) is 4.90 Å². The molecule has 0 bridgehead atoms. The fourth-order valence-corrected chi connectivity index (χ4v) is 2.64. The first-order valence-corrected chi connectivity index (χ1v) is 7.53. The first-order valence-electron chi connectivity index (χ1n) is 7.16. The smallest absolute Gasteiger partial charge is 0.255 e. The van der Waals surface area contributed by atoms with Crippen molar-refractivity contribution in [3.63, 3.8) is 0 Å². The maximum absolute atomic E-state index is 13.0. The molecule has 1 unspecified atom stereocenters. The summed E-state index contributed by atoms with van der Waals surface area (Å²) in [6.07, 6.45) is 0.406. The maximum Gasteiger partial charge on any atom is 0.255 e. The van der Waals surface area contributed by atoms with Gasteiger partial charge in [-0.25, -0.2) is 4.39 Å². The highest BCUT2D eigenvalue weighted by atomic mass is 35.5. The van der Waals surface area contributed by atoms with Gasteiger partial charge in [-0.05, 0) is 24.6 Å². The summed E-state index contributed by atoms with van der Waals surface area (Å²) in [5.74, 6) is -0.620. The van der Waals surface area contributed by atoms with Crippen LogP contribution in [0.4, 0.5) is 4.39 Å². The van der Waals surface area contributed by atoms with Crippen molar-refractivity contribution in [3.05, 3.63) is 34.6 Å². The lowest BCUT2D eigenvalue weighted by Crippen LogP contribution is -2.50. The minimum atomic E-state index is -0.449. The van der Waals surface area contributed by atoms with Crippen LogP contribution in [0.5, 0.6) is 0 Å². The summed E-state index contributed by atoms with van der Waals surface area (Å²) in [6, 6.07) is 3.82. The van der Waals surface area contributed by atoms with Gasteiger partial charge in [0.2, 0.25) is 0 Å². The van der Waals surface area contributed by atoms with Crippen LogP contribution >= 0.6 is 11.6 Å². The summed E-state index contributed by atoms with van der Waals surface area (Å²) >= 11 is 5.93. The monoisotopic (exact) mass is 314 g/mol. The Morgan fingerprint density at radius 1 is 1.38 bits per heavy atom. The molecular formula is C15H20ClFN2O2. The number of aliphatic hydroxyl groups excluding tert-OH is 1. The fourth-order valence-electron chi connectivity index (χ4n) is 2.39. The number of benzene rings is 1. The lowest BCUT2D eigenvalue weighted by Gasteiger charge is -2.35. The summed E-state index contributed by atoms with van der Waals surface area (Å²) in [5, 5.41) is 9.79. The number of piperazine rings is 1. The molecule has 1 fully saturated rings. The molecule has 1 aliphatic heterocycles. The van der Waals surface area contributed by atoms with E-state index in [0.29, 0.717) is 25.2 Å². The molecule has 116 valence electrons. The van der Waals surface area contributed by atoms with E-state index >= 15 is 0 Å². The zero-order valence-corrected chi connectivity index (χ0v) is 12.8. The third-order valence-electron chi connectivity index (χ3n) is 3.76. The van der Waals surface area contributed by atoms with Gasteiger partial charge in [0.25, 0.3) is 5.91 Å². The quantitative estimate of drug-likeness (QED) is 0.924. The van der Waals surface area contributed by atoms with E-state index in [-0.39, 0.29) is 17.0 Å². The predicted molar refractivity (Wildman–Crippen MR) is 80.1 cm³/mol. The molecule has 1 heterocycles. The highest BCUT2D eigenvalue weighted by molar-refractivity contribution is 6.33. The van der Waals surface area contributed by atoms with Gasteiger partial charge in [0, 0.05) is 32.7 Å². The SMILES string of the molecule is CCC(O)CN1CCN(C(=O)c2ccc(F)cc2Cl)CC1. The molecule has 1 aromatic rings. The molecule has 1 saturated heterocycles. The number of hydrogen-bond donors (Lipinski definition) is 1. The van der Waals surface area contributed by atoms with E-state index < -0.39 is 5.82 Å². The molecule has 0 aromatic heterocycles. The zero-order valence-electron chi connectivity index (χ0n) is 12.1. The van der Waals surface area contributed by atoms with Gasteiger partial charge in [0.15, 0.2) is 0 Å². The van der Waals surface area contributed by atoms with E-state index in [9.17, 15) is 14.3 Å². The molecule has 1 aromatic carbocycles. The molecular weight excluding hydrogens is 295 g/mol. The summed E-state index contributed by atoms with van der Waals surface area (Å²) in [6.45, 7) is 5.20. The molecule has 0 saturated carbocycles. The minimum absolute atomic E-state index is 0.142. The number of carbonyl (C=O) groups is 1. The normalized spacial score (nSPS) is 17.8. The number of hydrogen-bond acceptors (Lipinski definition) is 3. The van der Waals surface area contributed by atoms with Crippen molar-refractivity contribution in [2.45, 2.75) is 19.4 Å². The molecule has 4 nitrogen and oxygen atoms in total. The van der Waals surface area contributed by atoms with Crippen molar-refractivity contribution in [1.82, 2.24) is 9.80 Å². The number of halogens is 2. The van der Waals surface area contributed by atoms with Crippen LogP contribution in [0.3, 0.4) is 0 Å². The van der Waals surface area contributed by atoms with E-state index in [0.717, 1.165) is 25.6 Å². The number of rotatable bonds is 4. The average Bonchev–Trinajstić information content (AvgIpc) is 2.47. The third-order valence-corrected chi connectivity index (χ3v) is 4.07. The molecule has 1 N–H and O–H groups in total. The highest BCUT2D eigenvalue weighted by Gasteiger charge is 2.24. The number of nitrogens with zero attached hydrogens (tertiary/aromatic N) is 2. The van der Waals surface area contributed by atoms with Gasteiger partial charge in [-0.2, -0.15) is 0 Å². The van der Waals surface area contributed by atoms with E-state index in [4.69, 9.17) is 11.6 Å². The van der Waals surface area contributed by atoms with Crippen molar-refractivity contribution in [2.75, 3.05) is 32.7 Å². The van der Waals surface area contributed by atoms with Crippen LogP contribution in [0.15, 0.2) is 18.2 Å². The van der Waals surface area contributed by atoms with Crippen LogP contribution in [0.1, 0.15) is 23.7 Å². The molecule has 0 aliphatic carbocycles. The van der Waals surface area contributed by atoms with Crippen LogP contribution in [0, 0.1) is 5.82 Å². The van der Waals surface area contributed by atoms with Gasteiger partial charge >= 0.3 is 0 Å². The molecule has 2 rings (SSSR count). The number of amides is 1. The minimum Gasteiger partial charge on any atom is -0.392 e. The average molecular weight is 315 g/mol. The zero-order chi connectivity index (χ0) is 15.4. The second-order valence-electron chi connectivity index (χ2n) is 5.28. The Kier molecular flexibility index (Phi) is 5.56. The Morgan fingerprint density at radius 2 is 2.05 bits per heavy atom. The molecule has 6 heteroatoms. The molecule has 1 amide bonds. The second kappa shape index (κ2) is 7.20. The van der Waals surface area contributed by atoms with Crippen molar-refractivity contribution in [1.29, 1.82) is 0 Å². The Balaban J connectivity index is 1.94. The molecule has 1 atom stereocenters. The fraction of sp³-hybridized carbons (Fsp3) is 0.533. The lowest BCUT2D eigenvalue weighted by molar-refractivity contribution is 0.0524. The Labute approximate surface area is 129 Å². The van der Waals surface area contributed by atoms with Crippen molar-refractivity contribution in [2.24, 2.45) is 0 Å². The first-order chi connectivity index (χ1) is 10.0. The molecule has 1 aliphatic rings. The van der Waals surface area contributed by atoms with E-state index in [2.05, 4.69) is 4.90 Å². The predicted octanol–water partition coefficient (Wildman–Crippen LogP) is 2.01. The van der Waals surface area contributed by atoms with E-state index in [1.807, 2.05) is 6.92 Å². The summed E-state index contributed by atoms with van der Waals surface area (Å²) in [7, 11) is 0. The largest absolute Gasteiger partial charge is 0.392 e. The number of carbonyl (C=O) groups excluding carboxylic acids is 1. The molecule has 21 heavy (non-hydrogen) atoms. The highest BCUT2D eigenvalue weighted by Crippen LogP contribution is 2.20. The van der Waals surface area contributed by atoms with Crippen molar-refractivity contribution < 1.29 is 14.3 Å². The van der Waals surface area contributed by atoms with Gasteiger partial charge in [-0.15, -0.1) is 0 Å². The number of β-amino-alcohol motifs (C(OH)–C–C–N with tert-alkyl or cyclic N) is 1. The Hall–Kier alpha value is -1.17. The summed E-state index contributed by atoms with van der Waals surface area (Å²) < 4.78 is 13.0. The van der Waals surface area contributed by atoms with Gasteiger partial charge in [-0.1, -0.05) is 18.5 Å². The third kappa shape index (κ3) is 4.15. The van der Waals surface area contributed by atoms with Gasteiger partial charge in [0.1, 0.15) is 5.82 Å². The van der Waals surface area contributed by atoms with Crippen LogP contribution in [-0.2, 0) is 0 Å². The van der Waals surface area contributed by atoms with Crippen LogP contribution in [0.25, 0.3) is 0 Å². The summed E-state index contributed by atoms with van der Waals surface area (Å²) in [4.78, 5) is 16.2. The second-order valence-corrected chi connectivity index (χ2v) is 5.69. The Bertz CT molecular complexity index is 504. The first kappa shape index (κ1) is 16.2. The summed E-state index contributed by atoms with van der Waals surface area (Å²) in [5.41, 5.74) is 0.333. The van der Waals surface area contributed by atoms with Gasteiger partial charge < -0.3 is 10.0 Å². The van der Waals surface area contributed by atoms with Gasteiger partial charge in [0.05, 0.1) is 16.7 Å². The van der Waals surface area contributed by atoms with Crippen LogP contribution in [0.2, 0.25) is 5.02 Å². The van der Waals surface area contributed by atoms with E-state index in [1.165, 1.54) is 12.1 Å². The van der Waals surface area contributed by atoms with Crippen molar-refractivity contribution in [3.8, 4) is 0 Å². The van der Waals surface area contributed by atoms with Crippen LogP contribution < -0.4 is 0 Å².